The molecule has 0 N–H and O–H groups in total. The van der Waals surface area contributed by atoms with Gasteiger partial charge in [0.2, 0.25) is 0 Å². The molecule has 14 heavy (non-hydrogen) atoms. The van der Waals surface area contributed by atoms with Crippen LogP contribution in [0.2, 0.25) is 0 Å². The van der Waals surface area contributed by atoms with Crippen molar-refractivity contribution in [1.29, 1.82) is 0 Å². The average molecular weight is 210 g/mol. The van der Waals surface area contributed by atoms with Crippen LogP contribution in [0.25, 0.3) is 0 Å². The predicted octanol–water partition coefficient (Wildman–Crippen LogP) is 3.60. The van der Waals surface area contributed by atoms with Crippen LogP contribution >= 0.6 is 0 Å². The summed E-state index contributed by atoms with van der Waals surface area (Å²) in [5, 5.41) is 0. The van der Waals surface area contributed by atoms with Crippen molar-refractivity contribution < 1.29 is 22.0 Å². The quantitative estimate of drug-likeness (QED) is 0.574. The Morgan fingerprint density at radius 1 is 1.07 bits per heavy atom. The largest absolute Gasteiger partial charge is 0.419 e. The lowest BCUT2D eigenvalue weighted by molar-refractivity contribution is -0.140. The molecular formula is C9H7F5. The van der Waals surface area contributed by atoms with E-state index in [2.05, 4.69) is 0 Å². The van der Waals surface area contributed by atoms with Gasteiger partial charge < -0.3 is 0 Å². The number of aryl methyl sites for hydroxylation is 1. The standard InChI is InChI=1S/C9H7F5/c1-4-3-6(10)5(2)8(11)7(4)9(12,13)14/h3H,1-2H3. The summed E-state index contributed by atoms with van der Waals surface area (Å²) in [6.07, 6.45) is -4.79. The summed E-state index contributed by atoms with van der Waals surface area (Å²) in [5.41, 5.74) is -2.45. The van der Waals surface area contributed by atoms with Gasteiger partial charge in [0.15, 0.2) is 0 Å². The van der Waals surface area contributed by atoms with Crippen molar-refractivity contribution in [3.05, 3.63) is 34.4 Å². The van der Waals surface area contributed by atoms with Crippen LogP contribution in [0.15, 0.2) is 6.07 Å². The molecule has 1 aromatic carbocycles. The maximum atomic E-state index is 13.1. The molecular weight excluding hydrogens is 203 g/mol. The Morgan fingerprint density at radius 2 is 1.57 bits per heavy atom. The molecule has 0 aliphatic carbocycles. The van der Waals surface area contributed by atoms with Gasteiger partial charge in [0.1, 0.15) is 11.6 Å². The van der Waals surface area contributed by atoms with E-state index in [1.165, 1.54) is 0 Å². The van der Waals surface area contributed by atoms with Crippen LogP contribution in [0, 0.1) is 25.5 Å². The Labute approximate surface area is 77.4 Å². The zero-order valence-corrected chi connectivity index (χ0v) is 7.47. The van der Waals surface area contributed by atoms with Gasteiger partial charge in [0.05, 0.1) is 5.56 Å². The molecule has 0 atom stereocenters. The van der Waals surface area contributed by atoms with Crippen LogP contribution in [0.3, 0.4) is 0 Å². The molecule has 0 aliphatic heterocycles. The Kier molecular flexibility index (Phi) is 2.52. The highest BCUT2D eigenvalue weighted by molar-refractivity contribution is 5.35. The predicted molar refractivity (Wildman–Crippen MR) is 40.8 cm³/mol. The van der Waals surface area contributed by atoms with Crippen LogP contribution in [-0.4, -0.2) is 0 Å². The van der Waals surface area contributed by atoms with E-state index in [-0.39, 0.29) is 0 Å². The minimum Gasteiger partial charge on any atom is -0.207 e. The first kappa shape index (κ1) is 10.9. The Bertz CT molecular complexity index is 364. The lowest BCUT2D eigenvalue weighted by atomic mass is 10.0. The minimum atomic E-state index is -4.79. The second kappa shape index (κ2) is 3.22. The van der Waals surface area contributed by atoms with Gasteiger partial charge in [-0.05, 0) is 25.5 Å². The maximum Gasteiger partial charge on any atom is 0.419 e. The van der Waals surface area contributed by atoms with Gasteiger partial charge in [-0.2, -0.15) is 13.2 Å². The molecule has 1 aromatic rings. The van der Waals surface area contributed by atoms with E-state index >= 15 is 0 Å². The normalized spacial score (nSPS) is 11.9. The topological polar surface area (TPSA) is 0 Å². The van der Waals surface area contributed by atoms with Crippen molar-refractivity contribution in [2.24, 2.45) is 0 Å². The first-order chi connectivity index (χ1) is 6.25. The van der Waals surface area contributed by atoms with Gasteiger partial charge in [-0.1, -0.05) is 0 Å². The second-order valence-corrected chi connectivity index (χ2v) is 2.99. The third-order valence-electron chi connectivity index (χ3n) is 1.93. The van der Waals surface area contributed by atoms with Gasteiger partial charge in [0.25, 0.3) is 0 Å². The van der Waals surface area contributed by atoms with E-state index < -0.39 is 34.5 Å². The number of hydrogen-bond donors (Lipinski definition) is 0. The molecule has 0 saturated carbocycles. The first-order valence-corrected chi connectivity index (χ1v) is 3.77. The molecule has 0 unspecified atom stereocenters. The molecule has 0 nitrogen and oxygen atoms in total. The van der Waals surface area contributed by atoms with E-state index in [0.717, 1.165) is 13.8 Å². The van der Waals surface area contributed by atoms with E-state index in [1.54, 1.807) is 0 Å². The fourth-order valence-corrected chi connectivity index (χ4v) is 1.18. The zero-order valence-electron chi connectivity index (χ0n) is 7.47. The zero-order chi connectivity index (χ0) is 11.1. The summed E-state index contributed by atoms with van der Waals surface area (Å²) in [5.74, 6) is -2.50. The summed E-state index contributed by atoms with van der Waals surface area (Å²) in [7, 11) is 0. The van der Waals surface area contributed by atoms with Crippen molar-refractivity contribution in [2.45, 2.75) is 20.0 Å². The molecule has 0 bridgehead atoms. The Balaban J connectivity index is 3.53. The molecule has 5 heteroatoms. The van der Waals surface area contributed by atoms with Crippen LogP contribution < -0.4 is 0 Å². The number of alkyl halides is 3. The van der Waals surface area contributed by atoms with Crippen molar-refractivity contribution in [3.8, 4) is 0 Å². The molecule has 0 aliphatic rings. The molecule has 0 radical (unpaired) electrons. The van der Waals surface area contributed by atoms with E-state index in [1.807, 2.05) is 0 Å². The number of hydrogen-bond acceptors (Lipinski definition) is 0. The Morgan fingerprint density at radius 3 is 2.00 bits per heavy atom. The van der Waals surface area contributed by atoms with E-state index in [9.17, 15) is 22.0 Å². The van der Waals surface area contributed by atoms with Crippen LogP contribution in [0.1, 0.15) is 16.7 Å². The van der Waals surface area contributed by atoms with E-state index in [0.29, 0.717) is 6.07 Å². The minimum absolute atomic E-state index is 0.446. The maximum absolute atomic E-state index is 13.1. The molecule has 0 aromatic heterocycles. The molecule has 0 spiro atoms. The van der Waals surface area contributed by atoms with Crippen molar-refractivity contribution >= 4 is 0 Å². The van der Waals surface area contributed by atoms with Gasteiger partial charge in [-0.3, -0.25) is 0 Å². The summed E-state index contributed by atoms with van der Waals surface area (Å²) < 4.78 is 62.6. The van der Waals surface area contributed by atoms with Crippen LogP contribution in [-0.2, 0) is 6.18 Å². The smallest absolute Gasteiger partial charge is 0.207 e. The van der Waals surface area contributed by atoms with Gasteiger partial charge in [-0.15, -0.1) is 0 Å². The third-order valence-corrected chi connectivity index (χ3v) is 1.93. The molecule has 0 amide bonds. The second-order valence-electron chi connectivity index (χ2n) is 2.99. The van der Waals surface area contributed by atoms with Gasteiger partial charge in [0, 0.05) is 5.56 Å². The van der Waals surface area contributed by atoms with Crippen molar-refractivity contribution in [3.63, 3.8) is 0 Å². The number of benzene rings is 1. The molecule has 0 fully saturated rings. The van der Waals surface area contributed by atoms with E-state index in [4.69, 9.17) is 0 Å². The van der Waals surface area contributed by atoms with Crippen molar-refractivity contribution in [1.82, 2.24) is 0 Å². The summed E-state index contributed by atoms with van der Waals surface area (Å²) in [4.78, 5) is 0. The summed E-state index contributed by atoms with van der Waals surface area (Å²) in [6, 6.07) is 0.682. The molecule has 0 heterocycles. The highest BCUT2D eigenvalue weighted by Gasteiger charge is 2.37. The molecule has 1 rings (SSSR count). The fourth-order valence-electron chi connectivity index (χ4n) is 1.18. The molecule has 0 saturated heterocycles. The summed E-state index contributed by atoms with van der Waals surface area (Å²) in [6.45, 7) is 1.99. The average Bonchev–Trinajstić information content (AvgIpc) is 1.97. The van der Waals surface area contributed by atoms with Crippen LogP contribution in [0.5, 0.6) is 0 Å². The Hall–Kier alpha value is -1.13. The van der Waals surface area contributed by atoms with Gasteiger partial charge >= 0.3 is 6.18 Å². The highest BCUT2D eigenvalue weighted by atomic mass is 19.4. The lowest BCUT2D eigenvalue weighted by Crippen LogP contribution is -2.12. The number of halogens is 5. The van der Waals surface area contributed by atoms with Gasteiger partial charge in [-0.25, -0.2) is 8.78 Å². The first-order valence-electron chi connectivity index (χ1n) is 3.77. The molecule has 78 valence electrons. The number of rotatable bonds is 0. The lowest BCUT2D eigenvalue weighted by Gasteiger charge is -2.13. The highest BCUT2D eigenvalue weighted by Crippen LogP contribution is 2.35. The monoisotopic (exact) mass is 210 g/mol. The SMILES string of the molecule is Cc1cc(F)c(C)c(F)c1C(F)(F)F. The fraction of sp³-hybridized carbons (Fsp3) is 0.333. The summed E-state index contributed by atoms with van der Waals surface area (Å²) >= 11 is 0. The third kappa shape index (κ3) is 1.71. The van der Waals surface area contributed by atoms with Crippen LogP contribution in [0.4, 0.5) is 22.0 Å². The van der Waals surface area contributed by atoms with Crippen molar-refractivity contribution in [2.75, 3.05) is 0 Å².